The molecule has 0 spiro atoms. The summed E-state index contributed by atoms with van der Waals surface area (Å²) >= 11 is 7.48. The number of nitrogen functional groups attached to an aromatic ring is 1. The number of benzene rings is 1. The molecule has 0 saturated heterocycles. The van der Waals surface area contributed by atoms with E-state index in [4.69, 9.17) is 21.9 Å². The van der Waals surface area contributed by atoms with E-state index in [9.17, 15) is 0 Å². The molecule has 0 aliphatic heterocycles. The van der Waals surface area contributed by atoms with Gasteiger partial charge >= 0.3 is 0 Å². The van der Waals surface area contributed by atoms with E-state index in [1.54, 1.807) is 29.5 Å². The molecular formula is C12H8ClN3OS. The van der Waals surface area contributed by atoms with Crippen molar-refractivity contribution in [1.82, 2.24) is 10.1 Å². The summed E-state index contributed by atoms with van der Waals surface area (Å²) in [5.74, 6) is 0.928. The van der Waals surface area contributed by atoms with E-state index in [1.807, 2.05) is 17.5 Å². The first-order valence-electron chi connectivity index (χ1n) is 5.17. The highest BCUT2D eigenvalue weighted by Gasteiger charge is 2.13. The Kier molecular flexibility index (Phi) is 2.77. The van der Waals surface area contributed by atoms with Crippen LogP contribution < -0.4 is 5.73 Å². The van der Waals surface area contributed by atoms with E-state index in [-0.39, 0.29) is 0 Å². The van der Waals surface area contributed by atoms with E-state index in [2.05, 4.69) is 10.1 Å². The molecule has 0 aliphatic carbocycles. The summed E-state index contributed by atoms with van der Waals surface area (Å²) < 4.78 is 5.22. The van der Waals surface area contributed by atoms with Gasteiger partial charge in [0.25, 0.3) is 5.89 Å². The van der Waals surface area contributed by atoms with E-state index in [0.29, 0.717) is 28.0 Å². The first-order valence-corrected chi connectivity index (χ1v) is 6.43. The molecule has 1 aromatic carbocycles. The summed E-state index contributed by atoms with van der Waals surface area (Å²) in [5, 5.41) is 6.47. The zero-order chi connectivity index (χ0) is 12.5. The summed E-state index contributed by atoms with van der Waals surface area (Å²) in [6.45, 7) is 0. The molecule has 2 aromatic heterocycles. The van der Waals surface area contributed by atoms with Crippen molar-refractivity contribution in [3.8, 4) is 22.2 Å². The van der Waals surface area contributed by atoms with Gasteiger partial charge in [0.1, 0.15) is 0 Å². The Morgan fingerprint density at radius 3 is 2.94 bits per heavy atom. The van der Waals surface area contributed by atoms with Gasteiger partial charge in [-0.3, -0.25) is 0 Å². The number of anilines is 1. The molecule has 0 amide bonds. The van der Waals surface area contributed by atoms with Crippen molar-refractivity contribution >= 4 is 28.6 Å². The van der Waals surface area contributed by atoms with Crippen molar-refractivity contribution in [2.45, 2.75) is 0 Å². The third-order valence-corrected chi connectivity index (χ3v) is 3.51. The van der Waals surface area contributed by atoms with Crippen molar-refractivity contribution in [2.24, 2.45) is 0 Å². The highest BCUT2D eigenvalue weighted by Crippen LogP contribution is 2.30. The molecule has 0 unspecified atom stereocenters. The molecule has 0 bridgehead atoms. The van der Waals surface area contributed by atoms with Crippen molar-refractivity contribution in [3.63, 3.8) is 0 Å². The molecule has 2 heterocycles. The Morgan fingerprint density at radius 2 is 2.17 bits per heavy atom. The zero-order valence-corrected chi connectivity index (χ0v) is 10.7. The summed E-state index contributed by atoms with van der Waals surface area (Å²) in [4.78, 5) is 5.27. The van der Waals surface area contributed by atoms with Gasteiger partial charge in [-0.1, -0.05) is 22.8 Å². The van der Waals surface area contributed by atoms with Crippen molar-refractivity contribution in [1.29, 1.82) is 0 Å². The number of aromatic nitrogens is 2. The Labute approximate surface area is 112 Å². The quantitative estimate of drug-likeness (QED) is 0.725. The van der Waals surface area contributed by atoms with E-state index in [1.165, 1.54) is 0 Å². The standard InChI is InChI=1S/C12H8ClN3OS/c13-7-3-4-9(14)8(6-7)12-15-11(16-17-12)10-2-1-5-18-10/h1-6H,14H2. The second kappa shape index (κ2) is 4.44. The second-order valence-electron chi connectivity index (χ2n) is 3.63. The fourth-order valence-electron chi connectivity index (χ4n) is 1.55. The normalized spacial score (nSPS) is 10.7. The van der Waals surface area contributed by atoms with Crippen LogP contribution in [0.4, 0.5) is 5.69 Å². The Morgan fingerprint density at radius 1 is 1.28 bits per heavy atom. The Balaban J connectivity index is 2.05. The van der Waals surface area contributed by atoms with Crippen LogP contribution in [0, 0.1) is 0 Å². The minimum Gasteiger partial charge on any atom is -0.398 e. The lowest BCUT2D eigenvalue weighted by molar-refractivity contribution is 0.432. The Hall–Kier alpha value is -1.85. The first-order chi connectivity index (χ1) is 8.74. The van der Waals surface area contributed by atoms with Crippen molar-refractivity contribution in [2.75, 3.05) is 5.73 Å². The predicted molar refractivity (Wildman–Crippen MR) is 72.5 cm³/mol. The summed E-state index contributed by atoms with van der Waals surface area (Å²) in [6, 6.07) is 9.01. The average molecular weight is 278 g/mol. The van der Waals surface area contributed by atoms with Crippen molar-refractivity contribution in [3.05, 3.63) is 40.7 Å². The fraction of sp³-hybridized carbons (Fsp3) is 0. The molecule has 0 radical (unpaired) electrons. The van der Waals surface area contributed by atoms with Crippen LogP contribution in [0.3, 0.4) is 0 Å². The molecule has 3 rings (SSSR count). The van der Waals surface area contributed by atoms with Gasteiger partial charge in [-0.15, -0.1) is 11.3 Å². The molecule has 6 heteroatoms. The lowest BCUT2D eigenvalue weighted by Crippen LogP contribution is -1.89. The van der Waals surface area contributed by atoms with E-state index >= 15 is 0 Å². The smallest absolute Gasteiger partial charge is 0.260 e. The number of halogens is 1. The van der Waals surface area contributed by atoms with Crippen LogP contribution in [-0.2, 0) is 0 Å². The lowest BCUT2D eigenvalue weighted by atomic mass is 10.2. The van der Waals surface area contributed by atoms with Crippen LogP contribution in [0.2, 0.25) is 5.02 Å². The van der Waals surface area contributed by atoms with Crippen LogP contribution in [0.15, 0.2) is 40.2 Å². The van der Waals surface area contributed by atoms with Gasteiger partial charge in [-0.2, -0.15) is 4.98 Å². The predicted octanol–water partition coefficient (Wildman–Crippen LogP) is 3.70. The van der Waals surface area contributed by atoms with Crippen LogP contribution in [0.25, 0.3) is 22.2 Å². The number of nitrogens with two attached hydrogens (primary N) is 1. The van der Waals surface area contributed by atoms with Crippen LogP contribution in [0.5, 0.6) is 0 Å². The van der Waals surface area contributed by atoms with Gasteiger partial charge in [-0.25, -0.2) is 0 Å². The molecule has 90 valence electrons. The molecule has 4 nitrogen and oxygen atoms in total. The first kappa shape index (κ1) is 11.3. The molecule has 0 aliphatic rings. The third kappa shape index (κ3) is 1.98. The van der Waals surface area contributed by atoms with Gasteiger partial charge in [0, 0.05) is 10.7 Å². The van der Waals surface area contributed by atoms with Gasteiger partial charge in [0.15, 0.2) is 0 Å². The van der Waals surface area contributed by atoms with E-state index in [0.717, 1.165) is 4.88 Å². The number of rotatable bonds is 2. The summed E-state index contributed by atoms with van der Waals surface area (Å²) in [7, 11) is 0. The maximum absolute atomic E-state index is 5.93. The maximum Gasteiger partial charge on any atom is 0.260 e. The summed E-state index contributed by atoms with van der Waals surface area (Å²) in [6.07, 6.45) is 0. The van der Waals surface area contributed by atoms with Gasteiger partial charge < -0.3 is 10.3 Å². The minimum absolute atomic E-state index is 0.374. The number of hydrogen-bond donors (Lipinski definition) is 1. The van der Waals surface area contributed by atoms with E-state index < -0.39 is 0 Å². The minimum atomic E-state index is 0.374. The molecule has 0 atom stereocenters. The van der Waals surface area contributed by atoms with Crippen LogP contribution in [0.1, 0.15) is 0 Å². The molecule has 18 heavy (non-hydrogen) atoms. The molecule has 3 aromatic rings. The highest BCUT2D eigenvalue weighted by molar-refractivity contribution is 7.13. The number of nitrogens with zero attached hydrogens (tertiary/aromatic N) is 2. The molecular weight excluding hydrogens is 270 g/mol. The van der Waals surface area contributed by atoms with Crippen LogP contribution in [-0.4, -0.2) is 10.1 Å². The average Bonchev–Trinajstić information content (AvgIpc) is 3.00. The highest BCUT2D eigenvalue weighted by atomic mass is 35.5. The third-order valence-electron chi connectivity index (χ3n) is 2.41. The number of hydrogen-bond acceptors (Lipinski definition) is 5. The maximum atomic E-state index is 5.93. The zero-order valence-electron chi connectivity index (χ0n) is 9.13. The molecule has 0 fully saturated rings. The van der Waals surface area contributed by atoms with Gasteiger partial charge in [0.2, 0.25) is 5.82 Å². The SMILES string of the molecule is Nc1ccc(Cl)cc1-c1nc(-c2cccs2)no1. The van der Waals surface area contributed by atoms with Crippen molar-refractivity contribution < 1.29 is 4.52 Å². The second-order valence-corrected chi connectivity index (χ2v) is 5.02. The van der Waals surface area contributed by atoms with Gasteiger partial charge in [-0.05, 0) is 29.6 Å². The van der Waals surface area contributed by atoms with Gasteiger partial charge in [0.05, 0.1) is 10.4 Å². The topological polar surface area (TPSA) is 64.9 Å². The Bertz CT molecular complexity index is 678. The molecule has 0 saturated carbocycles. The lowest BCUT2D eigenvalue weighted by Gasteiger charge is -1.99. The fourth-order valence-corrected chi connectivity index (χ4v) is 2.37. The number of thiophene rings is 1. The molecule has 2 N–H and O–H groups in total. The summed E-state index contributed by atoms with van der Waals surface area (Å²) in [5.41, 5.74) is 7.07. The largest absolute Gasteiger partial charge is 0.398 e. The van der Waals surface area contributed by atoms with Crippen LogP contribution >= 0.6 is 22.9 Å². The monoisotopic (exact) mass is 277 g/mol.